The van der Waals surface area contributed by atoms with Crippen LogP contribution in [0.2, 0.25) is 0 Å². The molecule has 1 heterocycles. The van der Waals surface area contributed by atoms with E-state index in [0.717, 1.165) is 11.8 Å². The molecular formula is C16H20FNO5S2. The maximum Gasteiger partial charge on any atom is 0.317 e. The van der Waals surface area contributed by atoms with Crippen LogP contribution in [0.5, 0.6) is 0 Å². The van der Waals surface area contributed by atoms with Crippen LogP contribution < -0.4 is 0 Å². The Kier molecular flexibility index (Phi) is 6.45. The molecule has 1 saturated heterocycles. The summed E-state index contributed by atoms with van der Waals surface area (Å²) in [7, 11) is -1.60. The minimum atomic E-state index is -3.11. The molecule has 0 unspecified atom stereocenters. The maximum atomic E-state index is 13.5. The van der Waals surface area contributed by atoms with Gasteiger partial charge in [0.1, 0.15) is 5.82 Å². The summed E-state index contributed by atoms with van der Waals surface area (Å²) < 4.78 is 41.6. The lowest BCUT2D eigenvalue weighted by molar-refractivity contribution is -0.157. The van der Waals surface area contributed by atoms with E-state index in [9.17, 15) is 22.4 Å². The first-order valence-electron chi connectivity index (χ1n) is 7.73. The van der Waals surface area contributed by atoms with Gasteiger partial charge in [0.05, 0.1) is 17.3 Å². The Balaban J connectivity index is 1.84. The van der Waals surface area contributed by atoms with E-state index in [2.05, 4.69) is 0 Å². The quantitative estimate of drug-likeness (QED) is 0.542. The molecule has 1 fully saturated rings. The molecule has 0 spiro atoms. The number of sulfone groups is 1. The van der Waals surface area contributed by atoms with Crippen LogP contribution in [0.25, 0.3) is 0 Å². The molecule has 0 N–H and O–H groups in total. The van der Waals surface area contributed by atoms with Gasteiger partial charge in [-0.3, -0.25) is 9.59 Å². The molecule has 0 aliphatic carbocycles. The monoisotopic (exact) mass is 389 g/mol. The van der Waals surface area contributed by atoms with Gasteiger partial charge in [-0.2, -0.15) is 0 Å². The summed E-state index contributed by atoms with van der Waals surface area (Å²) in [5.41, 5.74) is 0. The van der Waals surface area contributed by atoms with E-state index in [1.54, 1.807) is 18.2 Å². The van der Waals surface area contributed by atoms with E-state index >= 15 is 0 Å². The number of benzene rings is 1. The van der Waals surface area contributed by atoms with Crippen molar-refractivity contribution in [3.8, 4) is 0 Å². The van der Waals surface area contributed by atoms with Gasteiger partial charge in [-0.1, -0.05) is 12.1 Å². The zero-order valence-corrected chi connectivity index (χ0v) is 15.6. The smallest absolute Gasteiger partial charge is 0.317 e. The molecule has 1 aliphatic rings. The number of halogens is 1. The zero-order valence-electron chi connectivity index (χ0n) is 14.0. The topological polar surface area (TPSA) is 80.8 Å². The average Bonchev–Trinajstić information content (AvgIpc) is 2.92. The molecule has 0 saturated carbocycles. The predicted molar refractivity (Wildman–Crippen MR) is 92.5 cm³/mol. The first-order chi connectivity index (χ1) is 11.7. The number of carbonyl (C=O) groups is 2. The van der Waals surface area contributed by atoms with Crippen molar-refractivity contribution in [1.82, 2.24) is 4.90 Å². The number of thioether (sulfide) groups is 1. The molecule has 2 atom stereocenters. The molecule has 0 bridgehead atoms. The average molecular weight is 389 g/mol. The van der Waals surface area contributed by atoms with E-state index < -0.39 is 39.7 Å². The second-order valence-corrected chi connectivity index (χ2v) is 9.10. The number of rotatable bonds is 6. The summed E-state index contributed by atoms with van der Waals surface area (Å²) in [5, 5.41) is 0. The van der Waals surface area contributed by atoms with Crippen molar-refractivity contribution < 1.29 is 27.1 Å². The van der Waals surface area contributed by atoms with Gasteiger partial charge in [0, 0.05) is 18.0 Å². The SMILES string of the molecule is C[C@H](OC(=O)CSc1ccccc1F)C(=O)N(C)[C@@H]1CCS(=O)(=O)C1. The van der Waals surface area contributed by atoms with E-state index in [1.807, 2.05) is 0 Å². The highest BCUT2D eigenvalue weighted by atomic mass is 32.2. The van der Waals surface area contributed by atoms with Crippen LogP contribution >= 0.6 is 11.8 Å². The number of likely N-dealkylation sites (N-methyl/N-ethyl adjacent to an activating group) is 1. The molecule has 1 amide bonds. The molecule has 1 aliphatic heterocycles. The van der Waals surface area contributed by atoms with Gasteiger partial charge >= 0.3 is 5.97 Å². The highest BCUT2D eigenvalue weighted by Crippen LogP contribution is 2.22. The van der Waals surface area contributed by atoms with Crippen molar-refractivity contribution in [2.45, 2.75) is 30.4 Å². The molecule has 138 valence electrons. The Labute approximate surface area is 150 Å². The van der Waals surface area contributed by atoms with Crippen molar-refractivity contribution in [3.63, 3.8) is 0 Å². The minimum Gasteiger partial charge on any atom is -0.452 e. The van der Waals surface area contributed by atoms with Crippen LogP contribution in [0.15, 0.2) is 29.2 Å². The highest BCUT2D eigenvalue weighted by Gasteiger charge is 2.34. The lowest BCUT2D eigenvalue weighted by Crippen LogP contribution is -2.44. The van der Waals surface area contributed by atoms with Gasteiger partial charge in [0.15, 0.2) is 15.9 Å². The Morgan fingerprint density at radius 3 is 2.68 bits per heavy atom. The summed E-state index contributed by atoms with van der Waals surface area (Å²) in [6.07, 6.45) is -0.643. The largest absolute Gasteiger partial charge is 0.452 e. The van der Waals surface area contributed by atoms with E-state index in [1.165, 1.54) is 24.9 Å². The Morgan fingerprint density at radius 1 is 1.40 bits per heavy atom. The van der Waals surface area contributed by atoms with Crippen molar-refractivity contribution >= 4 is 33.5 Å². The molecule has 6 nitrogen and oxygen atoms in total. The normalized spacial score (nSPS) is 20.0. The molecule has 1 aromatic rings. The summed E-state index contributed by atoms with van der Waals surface area (Å²) in [5.74, 6) is -1.65. The molecular weight excluding hydrogens is 369 g/mol. The van der Waals surface area contributed by atoms with Crippen molar-refractivity contribution in [1.29, 1.82) is 0 Å². The molecule has 9 heteroatoms. The number of amides is 1. The first-order valence-corrected chi connectivity index (χ1v) is 10.5. The van der Waals surface area contributed by atoms with Crippen LogP contribution in [-0.2, 0) is 24.2 Å². The number of carbonyl (C=O) groups excluding carboxylic acids is 2. The predicted octanol–water partition coefficient (Wildman–Crippen LogP) is 1.50. The Bertz CT molecular complexity index is 753. The zero-order chi connectivity index (χ0) is 18.6. The molecule has 1 aromatic carbocycles. The third kappa shape index (κ3) is 5.43. The number of hydrogen-bond acceptors (Lipinski definition) is 6. The maximum absolute atomic E-state index is 13.5. The van der Waals surface area contributed by atoms with Gasteiger partial charge < -0.3 is 9.64 Å². The number of nitrogens with zero attached hydrogens (tertiary/aromatic N) is 1. The van der Waals surface area contributed by atoms with Crippen LogP contribution in [0.1, 0.15) is 13.3 Å². The lowest BCUT2D eigenvalue weighted by Gasteiger charge is -2.26. The fourth-order valence-corrected chi connectivity index (χ4v) is 5.02. The van der Waals surface area contributed by atoms with Crippen molar-refractivity contribution in [3.05, 3.63) is 30.1 Å². The third-order valence-electron chi connectivity index (χ3n) is 3.94. The molecule has 0 aromatic heterocycles. The lowest BCUT2D eigenvalue weighted by atomic mass is 10.2. The fourth-order valence-electron chi connectivity index (χ4n) is 2.53. The van der Waals surface area contributed by atoms with Gasteiger partial charge in [-0.25, -0.2) is 12.8 Å². The number of hydrogen-bond donors (Lipinski definition) is 0. The fraction of sp³-hybridized carbons (Fsp3) is 0.500. The van der Waals surface area contributed by atoms with Crippen LogP contribution in [0.3, 0.4) is 0 Å². The van der Waals surface area contributed by atoms with E-state index in [0.29, 0.717) is 11.3 Å². The van der Waals surface area contributed by atoms with Crippen LogP contribution in [0.4, 0.5) is 4.39 Å². The Hall–Kier alpha value is -1.61. The van der Waals surface area contributed by atoms with Gasteiger partial charge in [0.2, 0.25) is 0 Å². The van der Waals surface area contributed by atoms with Crippen LogP contribution in [-0.4, -0.2) is 61.6 Å². The van der Waals surface area contributed by atoms with Gasteiger partial charge in [-0.05, 0) is 25.5 Å². The minimum absolute atomic E-state index is 0.0583. The Morgan fingerprint density at radius 2 is 2.08 bits per heavy atom. The van der Waals surface area contributed by atoms with Gasteiger partial charge in [-0.15, -0.1) is 11.8 Å². The van der Waals surface area contributed by atoms with E-state index in [-0.39, 0.29) is 17.3 Å². The molecule has 0 radical (unpaired) electrons. The summed E-state index contributed by atoms with van der Waals surface area (Å²) in [4.78, 5) is 25.8. The second-order valence-electron chi connectivity index (χ2n) is 5.86. The summed E-state index contributed by atoms with van der Waals surface area (Å²) in [6, 6.07) is 5.66. The van der Waals surface area contributed by atoms with E-state index in [4.69, 9.17) is 4.74 Å². The standard InChI is InChI=1S/C16H20FNO5S2/c1-11(16(20)18(2)12-7-8-25(21,22)10-12)23-15(19)9-24-14-6-4-3-5-13(14)17/h3-6,11-12H,7-10H2,1-2H3/t11-,12+/m0/s1. The second kappa shape index (κ2) is 8.18. The number of esters is 1. The van der Waals surface area contributed by atoms with Crippen molar-refractivity contribution in [2.24, 2.45) is 0 Å². The molecule has 25 heavy (non-hydrogen) atoms. The molecule has 2 rings (SSSR count). The third-order valence-corrected chi connectivity index (χ3v) is 6.71. The van der Waals surface area contributed by atoms with Crippen LogP contribution in [0, 0.1) is 5.82 Å². The van der Waals surface area contributed by atoms with Crippen molar-refractivity contribution in [2.75, 3.05) is 24.3 Å². The number of ether oxygens (including phenoxy) is 1. The summed E-state index contributed by atoms with van der Waals surface area (Å²) >= 11 is 0.989. The summed E-state index contributed by atoms with van der Waals surface area (Å²) in [6.45, 7) is 1.44. The highest BCUT2D eigenvalue weighted by molar-refractivity contribution is 8.00. The van der Waals surface area contributed by atoms with Gasteiger partial charge in [0.25, 0.3) is 5.91 Å². The first kappa shape index (κ1) is 19.7.